The van der Waals surface area contributed by atoms with Crippen molar-refractivity contribution >= 4 is 28.9 Å². The Balaban J connectivity index is 1.42. The third kappa shape index (κ3) is 3.76. The summed E-state index contributed by atoms with van der Waals surface area (Å²) in [4.78, 5) is 14.5. The Morgan fingerprint density at radius 1 is 1.13 bits per heavy atom. The largest absolute Gasteiger partial charge is 0.315 e. The SMILES string of the molecule is [C-]#[N+]c1cc(Cc2nc3n(n2)CCCN3c2ccc(F)cc2)ccc1-n1cnc(Cl)c1. The number of hydrogen-bond acceptors (Lipinski definition) is 4. The van der Waals surface area contributed by atoms with Gasteiger partial charge in [-0.3, -0.25) is 0 Å². The third-order valence-electron chi connectivity index (χ3n) is 5.18. The van der Waals surface area contributed by atoms with Crippen molar-refractivity contribution < 1.29 is 4.39 Å². The van der Waals surface area contributed by atoms with Crippen molar-refractivity contribution in [3.8, 4) is 5.69 Å². The summed E-state index contributed by atoms with van der Waals surface area (Å²) in [6.07, 6.45) is 4.68. The number of rotatable bonds is 4. The Kier molecular flexibility index (Phi) is 4.88. The molecular formula is C22H17ClFN7. The molecule has 0 bridgehead atoms. The normalized spacial score (nSPS) is 13.1. The minimum Gasteiger partial charge on any atom is -0.315 e. The lowest BCUT2D eigenvalue weighted by molar-refractivity contribution is 0.535. The summed E-state index contributed by atoms with van der Waals surface area (Å²) in [6.45, 7) is 9.13. The molecule has 5 rings (SSSR count). The summed E-state index contributed by atoms with van der Waals surface area (Å²) in [6, 6.07) is 12.1. The average molecular weight is 434 g/mol. The Hall–Kier alpha value is -3.70. The lowest BCUT2D eigenvalue weighted by Crippen LogP contribution is -2.28. The molecule has 0 amide bonds. The van der Waals surface area contributed by atoms with Crippen molar-refractivity contribution in [2.24, 2.45) is 0 Å². The monoisotopic (exact) mass is 433 g/mol. The molecule has 0 fully saturated rings. The van der Waals surface area contributed by atoms with E-state index in [0.29, 0.717) is 23.1 Å². The number of anilines is 2. The number of benzene rings is 2. The molecule has 0 aliphatic carbocycles. The van der Waals surface area contributed by atoms with Crippen LogP contribution in [0.25, 0.3) is 10.5 Å². The molecule has 31 heavy (non-hydrogen) atoms. The first-order chi connectivity index (χ1) is 15.1. The van der Waals surface area contributed by atoms with E-state index in [1.807, 2.05) is 22.9 Å². The summed E-state index contributed by atoms with van der Waals surface area (Å²) in [5.41, 5.74) is 3.05. The summed E-state index contributed by atoms with van der Waals surface area (Å²) in [5, 5.41) is 5.03. The molecule has 2 aromatic heterocycles. The highest BCUT2D eigenvalue weighted by Crippen LogP contribution is 2.30. The predicted molar refractivity (Wildman–Crippen MR) is 116 cm³/mol. The molecule has 0 radical (unpaired) electrons. The van der Waals surface area contributed by atoms with Crippen molar-refractivity contribution in [3.05, 3.63) is 88.8 Å². The topological polar surface area (TPSA) is 56.1 Å². The van der Waals surface area contributed by atoms with Crippen LogP contribution in [0.1, 0.15) is 17.8 Å². The van der Waals surface area contributed by atoms with E-state index in [1.165, 1.54) is 12.1 Å². The quantitative estimate of drug-likeness (QED) is 0.428. The van der Waals surface area contributed by atoms with Gasteiger partial charge in [-0.25, -0.2) is 18.9 Å². The minimum absolute atomic E-state index is 0.264. The van der Waals surface area contributed by atoms with Crippen LogP contribution in [-0.2, 0) is 13.0 Å². The lowest BCUT2D eigenvalue weighted by atomic mass is 10.1. The molecule has 0 spiro atoms. The number of halogens is 2. The first-order valence-electron chi connectivity index (χ1n) is 9.78. The van der Waals surface area contributed by atoms with Crippen LogP contribution in [-0.4, -0.2) is 30.9 Å². The maximum absolute atomic E-state index is 13.3. The maximum Gasteiger partial charge on any atom is 0.228 e. The molecule has 0 N–H and O–H groups in total. The summed E-state index contributed by atoms with van der Waals surface area (Å²) >= 11 is 5.91. The molecule has 3 heterocycles. The van der Waals surface area contributed by atoms with E-state index in [4.69, 9.17) is 23.2 Å². The van der Waals surface area contributed by atoms with E-state index >= 15 is 0 Å². The van der Waals surface area contributed by atoms with Crippen molar-refractivity contribution in [2.45, 2.75) is 19.4 Å². The zero-order chi connectivity index (χ0) is 21.4. The first kappa shape index (κ1) is 19.3. The Labute approximate surface area is 183 Å². The zero-order valence-corrected chi connectivity index (χ0v) is 17.2. The Morgan fingerprint density at radius 3 is 2.71 bits per heavy atom. The highest BCUT2D eigenvalue weighted by atomic mass is 35.5. The van der Waals surface area contributed by atoms with Crippen molar-refractivity contribution in [1.29, 1.82) is 0 Å². The summed E-state index contributed by atoms with van der Waals surface area (Å²) < 4.78 is 16.9. The van der Waals surface area contributed by atoms with Gasteiger partial charge in [0.25, 0.3) is 0 Å². The maximum atomic E-state index is 13.3. The summed E-state index contributed by atoms with van der Waals surface area (Å²) in [5.74, 6) is 1.17. The van der Waals surface area contributed by atoms with Gasteiger partial charge in [0.1, 0.15) is 11.0 Å². The van der Waals surface area contributed by atoms with Crippen LogP contribution in [0.3, 0.4) is 0 Å². The van der Waals surface area contributed by atoms with E-state index in [9.17, 15) is 4.39 Å². The van der Waals surface area contributed by atoms with Gasteiger partial charge in [-0.1, -0.05) is 29.3 Å². The Morgan fingerprint density at radius 2 is 1.97 bits per heavy atom. The van der Waals surface area contributed by atoms with Gasteiger partial charge in [-0.15, -0.1) is 0 Å². The number of nitrogens with zero attached hydrogens (tertiary/aromatic N) is 7. The molecule has 7 nitrogen and oxygen atoms in total. The van der Waals surface area contributed by atoms with Crippen molar-refractivity contribution in [1.82, 2.24) is 24.3 Å². The molecule has 4 aromatic rings. The molecule has 0 saturated heterocycles. The molecule has 0 unspecified atom stereocenters. The number of imidazole rings is 1. The van der Waals surface area contributed by atoms with Crippen LogP contribution in [0.5, 0.6) is 0 Å². The number of aryl methyl sites for hydroxylation is 1. The van der Waals surface area contributed by atoms with Crippen LogP contribution in [0, 0.1) is 12.4 Å². The van der Waals surface area contributed by atoms with Crippen LogP contribution in [0.2, 0.25) is 5.15 Å². The molecule has 154 valence electrons. The highest BCUT2D eigenvalue weighted by Gasteiger charge is 2.22. The van der Waals surface area contributed by atoms with Gasteiger partial charge >= 0.3 is 0 Å². The summed E-state index contributed by atoms with van der Waals surface area (Å²) in [7, 11) is 0. The van der Waals surface area contributed by atoms with E-state index in [1.54, 1.807) is 29.2 Å². The average Bonchev–Trinajstić information content (AvgIpc) is 3.39. The first-order valence-corrected chi connectivity index (χ1v) is 10.2. The van der Waals surface area contributed by atoms with Gasteiger partial charge in [0.05, 0.1) is 18.6 Å². The second-order valence-electron chi connectivity index (χ2n) is 7.25. The molecule has 2 aromatic carbocycles. The highest BCUT2D eigenvalue weighted by molar-refractivity contribution is 6.29. The van der Waals surface area contributed by atoms with Crippen molar-refractivity contribution in [2.75, 3.05) is 11.4 Å². The van der Waals surface area contributed by atoms with Gasteiger partial charge in [-0.05, 0) is 36.8 Å². The number of fused-ring (bicyclic) bond motifs is 1. The molecule has 0 saturated carbocycles. The molecular weight excluding hydrogens is 417 g/mol. The number of aromatic nitrogens is 5. The fourth-order valence-electron chi connectivity index (χ4n) is 3.75. The smallest absolute Gasteiger partial charge is 0.228 e. The van der Waals surface area contributed by atoms with Crippen LogP contribution < -0.4 is 4.90 Å². The van der Waals surface area contributed by atoms with Crippen LogP contribution in [0.15, 0.2) is 55.0 Å². The van der Waals surface area contributed by atoms with E-state index in [-0.39, 0.29) is 5.82 Å². The zero-order valence-electron chi connectivity index (χ0n) is 16.4. The Bertz CT molecular complexity index is 1290. The predicted octanol–water partition coefficient (Wildman–Crippen LogP) is 4.94. The van der Waals surface area contributed by atoms with Gasteiger partial charge < -0.3 is 9.47 Å². The number of hydrogen-bond donors (Lipinski definition) is 0. The molecule has 0 atom stereocenters. The molecule has 1 aliphatic heterocycles. The van der Waals surface area contributed by atoms with E-state index in [2.05, 4.69) is 19.8 Å². The van der Waals surface area contributed by atoms with Gasteiger partial charge in [0.2, 0.25) is 11.6 Å². The van der Waals surface area contributed by atoms with Gasteiger partial charge in [-0.2, -0.15) is 10.1 Å². The van der Waals surface area contributed by atoms with Gasteiger partial charge in [0, 0.05) is 31.4 Å². The van der Waals surface area contributed by atoms with Gasteiger partial charge in [0.15, 0.2) is 5.82 Å². The third-order valence-corrected chi connectivity index (χ3v) is 5.37. The van der Waals surface area contributed by atoms with Crippen LogP contribution >= 0.6 is 11.6 Å². The fourth-order valence-corrected chi connectivity index (χ4v) is 3.90. The molecule has 1 aliphatic rings. The van der Waals surface area contributed by atoms with E-state index < -0.39 is 0 Å². The second kappa shape index (κ2) is 7.85. The lowest BCUT2D eigenvalue weighted by Gasteiger charge is -2.27. The van der Waals surface area contributed by atoms with E-state index in [0.717, 1.165) is 42.4 Å². The minimum atomic E-state index is -0.264. The van der Waals surface area contributed by atoms with Crippen molar-refractivity contribution in [3.63, 3.8) is 0 Å². The van der Waals surface area contributed by atoms with Crippen LogP contribution in [0.4, 0.5) is 21.7 Å². The molecule has 9 heteroatoms. The fraction of sp³-hybridized carbons (Fsp3) is 0.182. The second-order valence-corrected chi connectivity index (χ2v) is 7.64. The standard InChI is InChI=1S/C22H17ClFN7/c1-25-18-11-15(3-8-19(18)29-13-20(23)26-14-29)12-21-27-22-30(9-2-10-31(22)28-21)17-6-4-16(24)5-7-17/h3-8,11,13-14H,2,9-10,12H2.